The molecule has 136 valence electrons. The van der Waals surface area contributed by atoms with Crippen molar-refractivity contribution < 1.29 is 27.5 Å². The Morgan fingerprint density at radius 2 is 2.04 bits per heavy atom. The molecule has 3 rings (SSSR count). The van der Waals surface area contributed by atoms with Gasteiger partial charge in [0.1, 0.15) is 17.1 Å². The van der Waals surface area contributed by atoms with Gasteiger partial charge in [-0.3, -0.25) is 9.52 Å². The van der Waals surface area contributed by atoms with Crippen molar-refractivity contribution in [2.75, 3.05) is 21.4 Å². The number of sulfonamides is 1. The zero-order valence-electron chi connectivity index (χ0n) is 12.4. The number of hydrogen-bond donors (Lipinski definition) is 2. The predicted octanol–water partition coefficient (Wildman–Crippen LogP) is 1.32. The summed E-state index contributed by atoms with van der Waals surface area (Å²) in [6.45, 7) is -0.0350. The largest absolute Gasteiger partial charge is 0.391 e. The maximum Gasteiger partial charge on any atom is 0.332 e. The highest BCUT2D eigenvalue weighted by molar-refractivity contribution is 7.93. The Morgan fingerprint density at radius 3 is 2.64 bits per heavy atom. The number of imide groups is 1. The Bertz CT molecular complexity index is 841. The molecule has 0 aromatic heterocycles. The molecule has 2 N–H and O–H groups in total. The van der Waals surface area contributed by atoms with Gasteiger partial charge in [-0.2, -0.15) is 0 Å². The highest BCUT2D eigenvalue weighted by Crippen LogP contribution is 2.36. The van der Waals surface area contributed by atoms with E-state index < -0.39 is 50.8 Å². The van der Waals surface area contributed by atoms with Gasteiger partial charge in [0.15, 0.2) is 0 Å². The lowest BCUT2D eigenvalue weighted by molar-refractivity contribution is -0.119. The lowest BCUT2D eigenvalue weighted by Gasteiger charge is -2.18. The number of fused-ring (bicyclic) bond motifs is 1. The monoisotopic (exact) mass is 411 g/mol. The Labute approximate surface area is 152 Å². The second-order valence-corrected chi connectivity index (χ2v) is 8.34. The number of benzene rings is 1. The molecule has 12 heteroatoms. The minimum absolute atomic E-state index is 0.0350. The van der Waals surface area contributed by atoms with Gasteiger partial charge in [-0.1, -0.05) is 11.6 Å². The average molecular weight is 412 g/mol. The van der Waals surface area contributed by atoms with Crippen LogP contribution in [0, 0.1) is 5.82 Å². The van der Waals surface area contributed by atoms with Crippen molar-refractivity contribution in [1.82, 2.24) is 4.90 Å². The van der Waals surface area contributed by atoms with Gasteiger partial charge in [0, 0.05) is 13.0 Å². The molecule has 1 aromatic carbocycles. The summed E-state index contributed by atoms with van der Waals surface area (Å²) in [7, 11) is -3.92. The summed E-state index contributed by atoms with van der Waals surface area (Å²) in [6, 6.07) is 0.0808. The van der Waals surface area contributed by atoms with Crippen molar-refractivity contribution in [2.24, 2.45) is 0 Å². The fourth-order valence-electron chi connectivity index (χ4n) is 2.83. The number of urea groups is 1. The highest BCUT2D eigenvalue weighted by Gasteiger charge is 2.51. The number of carbonyl (C=O) groups excluding carboxylic acids is 2. The van der Waals surface area contributed by atoms with Crippen LogP contribution < -0.4 is 9.62 Å². The van der Waals surface area contributed by atoms with Crippen molar-refractivity contribution >= 4 is 56.5 Å². The van der Waals surface area contributed by atoms with Crippen LogP contribution in [-0.2, 0) is 14.8 Å². The molecule has 0 bridgehead atoms. The first-order chi connectivity index (χ1) is 11.6. The molecular formula is C13H12Cl2FN3O5S. The van der Waals surface area contributed by atoms with Gasteiger partial charge >= 0.3 is 6.03 Å². The first-order valence-corrected chi connectivity index (χ1v) is 9.59. The molecule has 0 radical (unpaired) electrons. The minimum atomic E-state index is -3.92. The van der Waals surface area contributed by atoms with Crippen LogP contribution >= 0.6 is 23.2 Å². The first kappa shape index (κ1) is 18.2. The zero-order chi connectivity index (χ0) is 18.5. The number of amides is 3. The number of rotatable bonds is 4. The van der Waals surface area contributed by atoms with Gasteiger partial charge < -0.3 is 10.0 Å². The second-order valence-electron chi connectivity index (χ2n) is 5.62. The average Bonchev–Trinajstić information content (AvgIpc) is 3.01. The Hall–Kier alpha value is -1.62. The van der Waals surface area contributed by atoms with E-state index in [0.29, 0.717) is 4.90 Å². The van der Waals surface area contributed by atoms with Gasteiger partial charge in [-0.25, -0.2) is 22.5 Å². The number of nitrogens with one attached hydrogen (secondary N) is 1. The fourth-order valence-corrected chi connectivity index (χ4v) is 3.81. The smallest absolute Gasteiger partial charge is 0.332 e. The van der Waals surface area contributed by atoms with Gasteiger partial charge in [0.25, 0.3) is 5.91 Å². The Balaban J connectivity index is 2.00. The molecule has 3 amide bonds. The predicted molar refractivity (Wildman–Crippen MR) is 88.7 cm³/mol. The van der Waals surface area contributed by atoms with Crippen LogP contribution in [0.15, 0.2) is 12.1 Å². The van der Waals surface area contributed by atoms with Crippen molar-refractivity contribution in [3.05, 3.63) is 23.0 Å². The summed E-state index contributed by atoms with van der Waals surface area (Å²) in [5.41, 5.74) is -0.651. The van der Waals surface area contributed by atoms with Gasteiger partial charge in [0.2, 0.25) is 10.0 Å². The van der Waals surface area contributed by atoms with Crippen molar-refractivity contribution in [3.63, 3.8) is 0 Å². The lowest BCUT2D eigenvalue weighted by Crippen LogP contribution is -2.35. The topological polar surface area (TPSA) is 107 Å². The number of aliphatic hydroxyl groups is 1. The van der Waals surface area contributed by atoms with E-state index in [4.69, 9.17) is 23.2 Å². The molecule has 8 nitrogen and oxygen atoms in total. The number of halogens is 3. The summed E-state index contributed by atoms with van der Waals surface area (Å²) >= 11 is 11.1. The maximum atomic E-state index is 14.3. The third kappa shape index (κ3) is 3.14. The zero-order valence-corrected chi connectivity index (χ0v) is 14.8. The molecular weight excluding hydrogens is 400 g/mol. The second kappa shape index (κ2) is 6.27. The van der Waals surface area contributed by atoms with E-state index in [1.165, 1.54) is 0 Å². The molecule has 0 saturated carbocycles. The van der Waals surface area contributed by atoms with Gasteiger partial charge in [-0.05, 0) is 12.1 Å². The fraction of sp³-hybridized carbons (Fsp3) is 0.385. The lowest BCUT2D eigenvalue weighted by atomic mass is 10.2. The number of carbonyl (C=O) groups is 2. The quantitative estimate of drug-likeness (QED) is 0.573. The summed E-state index contributed by atoms with van der Waals surface area (Å²) in [5, 5.41) is 8.55. The summed E-state index contributed by atoms with van der Waals surface area (Å²) < 4.78 is 39.5. The third-order valence-electron chi connectivity index (χ3n) is 3.91. The van der Waals surface area contributed by atoms with Crippen LogP contribution in [0.3, 0.4) is 0 Å². The van der Waals surface area contributed by atoms with Crippen LogP contribution in [0.1, 0.15) is 6.42 Å². The van der Waals surface area contributed by atoms with E-state index in [1.54, 1.807) is 0 Å². The molecule has 2 fully saturated rings. The van der Waals surface area contributed by atoms with Crippen LogP contribution in [0.4, 0.5) is 20.6 Å². The molecule has 2 heterocycles. The van der Waals surface area contributed by atoms with Crippen molar-refractivity contribution in [3.8, 4) is 0 Å². The molecule has 25 heavy (non-hydrogen) atoms. The molecule has 2 aliphatic rings. The Morgan fingerprint density at radius 1 is 1.36 bits per heavy atom. The van der Waals surface area contributed by atoms with Crippen LogP contribution in [0.5, 0.6) is 0 Å². The van der Waals surface area contributed by atoms with E-state index in [2.05, 4.69) is 4.72 Å². The Kier molecular flexibility index (Phi) is 4.56. The summed E-state index contributed by atoms with van der Waals surface area (Å²) in [6.07, 6.45) is -0.761. The number of anilines is 2. The molecule has 2 aliphatic heterocycles. The van der Waals surface area contributed by atoms with E-state index >= 15 is 0 Å². The van der Waals surface area contributed by atoms with Gasteiger partial charge in [0.05, 0.1) is 22.5 Å². The van der Waals surface area contributed by atoms with E-state index in [-0.39, 0.29) is 23.7 Å². The number of nitrogens with zero attached hydrogens (tertiary/aromatic N) is 2. The highest BCUT2D eigenvalue weighted by atomic mass is 35.5. The van der Waals surface area contributed by atoms with Crippen molar-refractivity contribution in [1.29, 1.82) is 0 Å². The van der Waals surface area contributed by atoms with Gasteiger partial charge in [-0.15, -0.1) is 11.6 Å². The molecule has 0 unspecified atom stereocenters. The SMILES string of the molecule is O=C1[C@H]2C[C@@H](O)CN2C(=O)N1c1cc(NS(=O)(=O)CCl)c(Cl)cc1F. The van der Waals surface area contributed by atoms with Crippen LogP contribution in [0.2, 0.25) is 5.02 Å². The number of alkyl halides is 1. The first-order valence-electron chi connectivity index (χ1n) is 7.02. The minimum Gasteiger partial charge on any atom is -0.391 e. The molecule has 2 atom stereocenters. The number of aliphatic hydroxyl groups excluding tert-OH is 1. The molecule has 1 aromatic rings. The maximum absolute atomic E-state index is 14.3. The van der Waals surface area contributed by atoms with Crippen LogP contribution in [-0.4, -0.2) is 54.3 Å². The van der Waals surface area contributed by atoms with Crippen molar-refractivity contribution in [2.45, 2.75) is 18.6 Å². The molecule has 0 aliphatic carbocycles. The third-order valence-corrected chi connectivity index (χ3v) is 5.90. The molecule has 2 saturated heterocycles. The standard InChI is InChI=1S/C13H12Cl2FN3O5S/c14-5-25(23,24)17-9-3-10(8(16)2-7(9)15)19-12(21)11-1-6(20)4-18(11)13(19)22/h2-3,6,11,17,20H,1,4-5H2/t6-,11-/m1/s1. The van der Waals surface area contributed by atoms with E-state index in [9.17, 15) is 27.5 Å². The summed E-state index contributed by atoms with van der Waals surface area (Å²) in [4.78, 5) is 26.6. The normalized spacial score (nSPS) is 23.4. The van der Waals surface area contributed by atoms with E-state index in [0.717, 1.165) is 17.0 Å². The number of hydrogen-bond acceptors (Lipinski definition) is 5. The molecule has 0 spiro atoms. The summed E-state index contributed by atoms with van der Waals surface area (Å²) in [5.74, 6) is -1.67. The van der Waals surface area contributed by atoms with E-state index in [1.807, 2.05) is 0 Å². The van der Waals surface area contributed by atoms with Crippen LogP contribution in [0.25, 0.3) is 0 Å².